The van der Waals surface area contributed by atoms with Gasteiger partial charge in [-0.05, 0) is 30.9 Å². The first-order chi connectivity index (χ1) is 10.3. The van der Waals surface area contributed by atoms with E-state index >= 15 is 0 Å². The number of anilines is 1. The van der Waals surface area contributed by atoms with Crippen LogP contribution < -0.4 is 5.32 Å². The molecular formula is C17H21N3O. The number of para-hydroxylation sites is 1. The first-order valence-electron chi connectivity index (χ1n) is 7.43. The van der Waals surface area contributed by atoms with Crippen LogP contribution in [-0.4, -0.2) is 23.2 Å². The van der Waals surface area contributed by atoms with Crippen LogP contribution in [0.1, 0.15) is 31.7 Å². The number of aliphatic hydroxyl groups is 1. The minimum absolute atomic E-state index is 0.209. The second-order valence-electron chi connectivity index (χ2n) is 5.23. The van der Waals surface area contributed by atoms with Crippen molar-refractivity contribution in [3.8, 4) is 6.07 Å². The molecule has 0 saturated heterocycles. The summed E-state index contributed by atoms with van der Waals surface area (Å²) in [6, 6.07) is 11.7. The van der Waals surface area contributed by atoms with Crippen LogP contribution in [0, 0.1) is 17.2 Å². The van der Waals surface area contributed by atoms with E-state index in [1.165, 1.54) is 0 Å². The number of hydrogen-bond donors (Lipinski definition) is 2. The maximum atomic E-state index is 9.27. The van der Waals surface area contributed by atoms with Gasteiger partial charge in [0.15, 0.2) is 0 Å². The van der Waals surface area contributed by atoms with Crippen molar-refractivity contribution in [3.05, 3.63) is 35.9 Å². The molecular weight excluding hydrogens is 262 g/mol. The third kappa shape index (κ3) is 3.93. The Balaban J connectivity index is 2.17. The van der Waals surface area contributed by atoms with Gasteiger partial charge in [-0.25, -0.2) is 4.98 Å². The van der Waals surface area contributed by atoms with Crippen LogP contribution in [0.5, 0.6) is 0 Å². The number of aromatic nitrogens is 1. The number of pyridine rings is 1. The van der Waals surface area contributed by atoms with Gasteiger partial charge in [-0.1, -0.05) is 31.5 Å². The van der Waals surface area contributed by atoms with E-state index in [1.54, 1.807) is 6.07 Å². The Morgan fingerprint density at radius 1 is 1.33 bits per heavy atom. The predicted molar refractivity (Wildman–Crippen MR) is 85.0 cm³/mol. The standard InChI is InChI=1S/C17H21N3O/c1-2-5-13(8-9-21)12-19-17-10-14(11-18)15-6-3-4-7-16(15)20-17/h3-4,6-7,10,13,21H,2,5,8-9,12H2,1H3,(H,19,20). The molecule has 0 aliphatic rings. The summed E-state index contributed by atoms with van der Waals surface area (Å²) in [5.41, 5.74) is 1.46. The van der Waals surface area contributed by atoms with E-state index < -0.39 is 0 Å². The van der Waals surface area contributed by atoms with Crippen LogP contribution in [0.25, 0.3) is 10.9 Å². The summed E-state index contributed by atoms with van der Waals surface area (Å²) in [6.07, 6.45) is 2.96. The van der Waals surface area contributed by atoms with Crippen LogP contribution in [0.4, 0.5) is 5.82 Å². The molecule has 1 heterocycles. The predicted octanol–water partition coefficient (Wildman–Crippen LogP) is 3.32. The molecule has 2 aromatic rings. The maximum absolute atomic E-state index is 9.27. The minimum atomic E-state index is 0.209. The first kappa shape index (κ1) is 15.3. The molecule has 0 amide bonds. The van der Waals surface area contributed by atoms with Crippen LogP contribution in [0.2, 0.25) is 0 Å². The van der Waals surface area contributed by atoms with Crippen molar-refractivity contribution >= 4 is 16.7 Å². The summed E-state index contributed by atoms with van der Waals surface area (Å²) in [5.74, 6) is 1.16. The highest BCUT2D eigenvalue weighted by atomic mass is 16.3. The van der Waals surface area contributed by atoms with Crippen molar-refractivity contribution < 1.29 is 5.11 Å². The molecule has 1 unspecified atom stereocenters. The lowest BCUT2D eigenvalue weighted by Crippen LogP contribution is -2.16. The number of benzene rings is 1. The highest BCUT2D eigenvalue weighted by Gasteiger charge is 2.09. The Labute approximate surface area is 125 Å². The molecule has 1 aromatic carbocycles. The normalized spacial score (nSPS) is 12.0. The summed E-state index contributed by atoms with van der Waals surface area (Å²) < 4.78 is 0. The van der Waals surface area contributed by atoms with Crippen LogP contribution in [0.15, 0.2) is 30.3 Å². The summed E-state index contributed by atoms with van der Waals surface area (Å²) >= 11 is 0. The molecule has 2 rings (SSSR count). The van der Waals surface area contributed by atoms with E-state index in [9.17, 15) is 5.26 Å². The molecule has 0 aliphatic heterocycles. The molecule has 4 nitrogen and oxygen atoms in total. The van der Waals surface area contributed by atoms with Gasteiger partial charge in [0.1, 0.15) is 5.82 Å². The molecule has 0 saturated carbocycles. The number of nitrogens with one attached hydrogen (secondary N) is 1. The van der Waals surface area contributed by atoms with E-state index in [0.29, 0.717) is 11.5 Å². The smallest absolute Gasteiger partial charge is 0.127 e. The Kier molecular flexibility index (Phi) is 5.53. The van der Waals surface area contributed by atoms with Crippen molar-refractivity contribution in [1.82, 2.24) is 4.98 Å². The zero-order valence-electron chi connectivity index (χ0n) is 12.3. The van der Waals surface area contributed by atoms with Crippen molar-refractivity contribution in [1.29, 1.82) is 5.26 Å². The molecule has 0 bridgehead atoms. The number of aliphatic hydroxyl groups excluding tert-OH is 1. The fourth-order valence-corrected chi connectivity index (χ4v) is 2.55. The van der Waals surface area contributed by atoms with Gasteiger partial charge in [-0.3, -0.25) is 0 Å². The van der Waals surface area contributed by atoms with Crippen molar-refractivity contribution in [3.63, 3.8) is 0 Å². The fourth-order valence-electron chi connectivity index (χ4n) is 2.55. The summed E-state index contributed by atoms with van der Waals surface area (Å²) in [6.45, 7) is 3.12. The monoisotopic (exact) mass is 283 g/mol. The number of fused-ring (bicyclic) bond motifs is 1. The SMILES string of the molecule is CCCC(CCO)CNc1cc(C#N)c2ccccc2n1. The average molecular weight is 283 g/mol. The number of rotatable bonds is 7. The number of hydrogen-bond acceptors (Lipinski definition) is 4. The number of nitrogens with zero attached hydrogens (tertiary/aromatic N) is 2. The van der Waals surface area contributed by atoms with Gasteiger partial charge >= 0.3 is 0 Å². The largest absolute Gasteiger partial charge is 0.396 e. The molecule has 0 spiro atoms. The van der Waals surface area contributed by atoms with Gasteiger partial charge in [-0.15, -0.1) is 0 Å². The average Bonchev–Trinajstić information content (AvgIpc) is 2.52. The van der Waals surface area contributed by atoms with Crippen LogP contribution in [0.3, 0.4) is 0 Å². The highest BCUT2D eigenvalue weighted by Crippen LogP contribution is 2.20. The van der Waals surface area contributed by atoms with E-state index in [2.05, 4.69) is 23.3 Å². The zero-order valence-corrected chi connectivity index (χ0v) is 12.3. The summed E-state index contributed by atoms with van der Waals surface area (Å²) in [7, 11) is 0. The van der Waals surface area contributed by atoms with Crippen LogP contribution in [-0.2, 0) is 0 Å². The maximum Gasteiger partial charge on any atom is 0.127 e. The van der Waals surface area contributed by atoms with E-state index in [1.807, 2.05) is 24.3 Å². The van der Waals surface area contributed by atoms with Gasteiger partial charge in [0.25, 0.3) is 0 Å². The van der Waals surface area contributed by atoms with Gasteiger partial charge < -0.3 is 10.4 Å². The lowest BCUT2D eigenvalue weighted by atomic mass is 10.0. The van der Waals surface area contributed by atoms with Gasteiger partial charge in [0.2, 0.25) is 0 Å². The lowest BCUT2D eigenvalue weighted by Gasteiger charge is -2.16. The third-order valence-corrected chi connectivity index (χ3v) is 3.64. The van der Waals surface area contributed by atoms with Gasteiger partial charge in [-0.2, -0.15) is 5.26 Å². The molecule has 0 radical (unpaired) electrons. The van der Waals surface area contributed by atoms with E-state index in [4.69, 9.17) is 5.11 Å². The van der Waals surface area contributed by atoms with Crippen molar-refractivity contribution in [2.45, 2.75) is 26.2 Å². The molecule has 1 atom stereocenters. The molecule has 110 valence electrons. The second-order valence-corrected chi connectivity index (χ2v) is 5.23. The zero-order chi connectivity index (χ0) is 15.1. The van der Waals surface area contributed by atoms with Gasteiger partial charge in [0.05, 0.1) is 17.1 Å². The Hall–Kier alpha value is -2.12. The quantitative estimate of drug-likeness (QED) is 0.818. The molecule has 0 fully saturated rings. The third-order valence-electron chi connectivity index (χ3n) is 3.64. The molecule has 21 heavy (non-hydrogen) atoms. The molecule has 0 aliphatic carbocycles. The van der Waals surface area contributed by atoms with E-state index in [0.717, 1.165) is 42.5 Å². The van der Waals surface area contributed by atoms with Crippen LogP contribution >= 0.6 is 0 Å². The first-order valence-corrected chi connectivity index (χ1v) is 7.43. The Morgan fingerprint density at radius 3 is 2.86 bits per heavy atom. The molecule has 2 N–H and O–H groups in total. The summed E-state index contributed by atoms with van der Waals surface area (Å²) in [4.78, 5) is 4.55. The fraction of sp³-hybridized carbons (Fsp3) is 0.412. The second kappa shape index (κ2) is 7.61. The van der Waals surface area contributed by atoms with Gasteiger partial charge in [0, 0.05) is 18.5 Å². The van der Waals surface area contributed by atoms with Crippen molar-refractivity contribution in [2.75, 3.05) is 18.5 Å². The molecule has 4 heteroatoms. The number of nitriles is 1. The Bertz CT molecular complexity index is 627. The van der Waals surface area contributed by atoms with Crippen molar-refractivity contribution in [2.24, 2.45) is 5.92 Å². The van der Waals surface area contributed by atoms with E-state index in [-0.39, 0.29) is 6.61 Å². The Morgan fingerprint density at radius 2 is 2.14 bits per heavy atom. The highest BCUT2D eigenvalue weighted by molar-refractivity contribution is 5.86. The molecule has 1 aromatic heterocycles. The summed E-state index contributed by atoms with van der Waals surface area (Å²) in [5, 5.41) is 22.6. The minimum Gasteiger partial charge on any atom is -0.396 e. The lowest BCUT2D eigenvalue weighted by molar-refractivity contribution is 0.255. The topological polar surface area (TPSA) is 68.9 Å².